The number of rotatable bonds is 5. The second-order valence-electron chi connectivity index (χ2n) is 6.90. The van der Waals surface area contributed by atoms with Crippen molar-refractivity contribution in [3.63, 3.8) is 0 Å². The highest BCUT2D eigenvalue weighted by Gasteiger charge is 2.28. The second-order valence-corrected chi connectivity index (χ2v) is 6.90. The molecule has 0 spiro atoms. The predicted molar refractivity (Wildman–Crippen MR) is 94.2 cm³/mol. The van der Waals surface area contributed by atoms with Gasteiger partial charge >= 0.3 is 0 Å². The monoisotopic (exact) mass is 348 g/mol. The minimum absolute atomic E-state index is 0.00935. The molecule has 0 bridgehead atoms. The van der Waals surface area contributed by atoms with Crippen LogP contribution in [-0.4, -0.2) is 77.1 Å². The Bertz CT molecular complexity index is 621. The summed E-state index contributed by atoms with van der Waals surface area (Å²) in [5.41, 5.74) is 2.62. The van der Waals surface area contributed by atoms with E-state index >= 15 is 0 Å². The maximum Gasteiger partial charge on any atom is 0.274 e. The van der Waals surface area contributed by atoms with Crippen LogP contribution in [0.4, 0.5) is 0 Å². The first-order chi connectivity index (χ1) is 12.1. The van der Waals surface area contributed by atoms with Crippen LogP contribution in [-0.2, 0) is 17.8 Å². The third kappa shape index (κ3) is 4.19. The summed E-state index contributed by atoms with van der Waals surface area (Å²) in [7, 11) is 0. The molecule has 8 heteroatoms. The summed E-state index contributed by atoms with van der Waals surface area (Å²) in [5, 5.41) is 13.5. The molecule has 138 valence electrons. The van der Waals surface area contributed by atoms with Gasteiger partial charge < -0.3 is 15.5 Å². The van der Waals surface area contributed by atoms with E-state index in [0.29, 0.717) is 45.0 Å². The lowest BCUT2D eigenvalue weighted by atomic mass is 10.1. The van der Waals surface area contributed by atoms with Gasteiger partial charge in [-0.15, -0.1) is 0 Å². The Morgan fingerprint density at radius 1 is 1.28 bits per heavy atom. The number of piperazine rings is 1. The molecule has 2 amide bonds. The fraction of sp³-hybridized carbons (Fsp3) is 0.706. The fourth-order valence-electron chi connectivity index (χ4n) is 3.29. The summed E-state index contributed by atoms with van der Waals surface area (Å²) in [4.78, 5) is 28.7. The lowest BCUT2D eigenvalue weighted by Gasteiger charge is -2.34. The van der Waals surface area contributed by atoms with Gasteiger partial charge in [-0.3, -0.25) is 19.6 Å². The average Bonchev–Trinajstić information content (AvgIpc) is 3.05. The Labute approximate surface area is 148 Å². The molecule has 1 saturated heterocycles. The molecule has 3 N–H and O–H groups in total. The first kappa shape index (κ1) is 17.9. The van der Waals surface area contributed by atoms with E-state index in [-0.39, 0.29) is 17.9 Å². The fourth-order valence-corrected chi connectivity index (χ4v) is 3.29. The zero-order valence-electron chi connectivity index (χ0n) is 15.1. The van der Waals surface area contributed by atoms with E-state index in [1.54, 1.807) is 0 Å². The van der Waals surface area contributed by atoms with Crippen LogP contribution in [0.3, 0.4) is 0 Å². The number of nitrogens with one attached hydrogen (secondary N) is 3. The maximum atomic E-state index is 12.8. The molecule has 0 aromatic carbocycles. The van der Waals surface area contributed by atoms with Gasteiger partial charge in [0.05, 0.1) is 6.54 Å². The normalized spacial score (nSPS) is 19.4. The zero-order chi connectivity index (χ0) is 17.8. The number of hydrogen-bond acceptors (Lipinski definition) is 5. The zero-order valence-corrected chi connectivity index (χ0v) is 15.1. The van der Waals surface area contributed by atoms with E-state index in [1.807, 2.05) is 11.8 Å². The molecule has 2 aliphatic rings. The molecule has 1 aromatic rings. The molecule has 0 radical (unpaired) electrons. The van der Waals surface area contributed by atoms with Crippen molar-refractivity contribution in [1.29, 1.82) is 0 Å². The number of carbonyl (C=O) groups is 2. The number of hydrogen-bond donors (Lipinski definition) is 3. The lowest BCUT2D eigenvalue weighted by molar-refractivity contribution is -0.123. The van der Waals surface area contributed by atoms with Crippen molar-refractivity contribution in [3.05, 3.63) is 17.0 Å². The van der Waals surface area contributed by atoms with Crippen molar-refractivity contribution in [2.75, 3.05) is 39.3 Å². The summed E-state index contributed by atoms with van der Waals surface area (Å²) in [6, 6.07) is 0.204. The minimum atomic E-state index is -0.00935. The Morgan fingerprint density at radius 2 is 2.04 bits per heavy atom. The van der Waals surface area contributed by atoms with Gasteiger partial charge in [0, 0.05) is 63.0 Å². The number of nitrogens with zero attached hydrogens (tertiary/aromatic N) is 3. The molecule has 25 heavy (non-hydrogen) atoms. The Kier molecular flexibility index (Phi) is 5.70. The van der Waals surface area contributed by atoms with Crippen molar-refractivity contribution in [2.24, 2.45) is 0 Å². The quantitative estimate of drug-likeness (QED) is 0.681. The van der Waals surface area contributed by atoms with Crippen LogP contribution < -0.4 is 10.6 Å². The molecule has 0 aliphatic carbocycles. The van der Waals surface area contributed by atoms with Gasteiger partial charge in [-0.05, 0) is 13.3 Å². The van der Waals surface area contributed by atoms with Gasteiger partial charge in [0.15, 0.2) is 5.69 Å². The van der Waals surface area contributed by atoms with Gasteiger partial charge in [-0.2, -0.15) is 5.10 Å². The molecule has 0 saturated carbocycles. The summed E-state index contributed by atoms with van der Waals surface area (Å²) < 4.78 is 0. The van der Waals surface area contributed by atoms with Crippen molar-refractivity contribution in [1.82, 2.24) is 30.6 Å². The predicted octanol–water partition coefficient (Wildman–Crippen LogP) is -0.272. The van der Waals surface area contributed by atoms with Crippen LogP contribution in [0.25, 0.3) is 0 Å². The molecule has 2 aliphatic heterocycles. The minimum Gasteiger partial charge on any atom is -0.353 e. The molecule has 3 rings (SSSR count). The van der Waals surface area contributed by atoms with Crippen LogP contribution in [0.1, 0.15) is 42.0 Å². The Hall–Kier alpha value is -1.93. The molecule has 1 unspecified atom stereocenters. The van der Waals surface area contributed by atoms with Crippen molar-refractivity contribution in [3.8, 4) is 0 Å². The topological polar surface area (TPSA) is 93.4 Å². The average molecular weight is 348 g/mol. The van der Waals surface area contributed by atoms with Crippen LogP contribution in [0.15, 0.2) is 0 Å². The molecular weight excluding hydrogens is 320 g/mol. The van der Waals surface area contributed by atoms with Crippen LogP contribution >= 0.6 is 0 Å². The van der Waals surface area contributed by atoms with E-state index in [9.17, 15) is 9.59 Å². The number of fused-ring (bicyclic) bond motifs is 1. The van der Waals surface area contributed by atoms with Crippen LogP contribution in [0.2, 0.25) is 0 Å². The summed E-state index contributed by atoms with van der Waals surface area (Å²) in [6.07, 6.45) is 1.81. The molecular formula is C17H28N6O2. The van der Waals surface area contributed by atoms with E-state index in [1.165, 1.54) is 0 Å². The van der Waals surface area contributed by atoms with Gasteiger partial charge in [-0.25, -0.2) is 0 Å². The third-order valence-corrected chi connectivity index (χ3v) is 5.06. The van der Waals surface area contributed by atoms with Crippen LogP contribution in [0, 0.1) is 0 Å². The highest BCUT2D eigenvalue weighted by molar-refractivity contribution is 5.94. The van der Waals surface area contributed by atoms with Crippen molar-refractivity contribution < 1.29 is 9.59 Å². The summed E-state index contributed by atoms with van der Waals surface area (Å²) in [6.45, 7) is 8.76. The van der Waals surface area contributed by atoms with Crippen molar-refractivity contribution >= 4 is 11.8 Å². The Balaban J connectivity index is 1.51. The number of H-pyrrole nitrogens is 1. The number of carbonyl (C=O) groups excluding carboxylic acids is 2. The molecule has 1 atom stereocenters. The smallest absolute Gasteiger partial charge is 0.274 e. The second kappa shape index (κ2) is 7.97. The number of aromatic nitrogens is 2. The maximum absolute atomic E-state index is 12.8. The molecule has 3 heterocycles. The first-order valence-electron chi connectivity index (χ1n) is 9.16. The highest BCUT2D eigenvalue weighted by Crippen LogP contribution is 2.17. The van der Waals surface area contributed by atoms with Gasteiger partial charge in [0.2, 0.25) is 5.91 Å². The van der Waals surface area contributed by atoms with Crippen LogP contribution in [0.5, 0.6) is 0 Å². The van der Waals surface area contributed by atoms with E-state index in [2.05, 4.69) is 32.7 Å². The SMILES string of the molecule is CCC(C)NC(=O)CN1CCN(C(=O)c2n[nH]c3c2CNCC3)CC1. The lowest BCUT2D eigenvalue weighted by Crippen LogP contribution is -2.51. The first-order valence-corrected chi connectivity index (χ1v) is 9.16. The standard InChI is InChI=1S/C17H28N6O2/c1-3-12(2)19-15(24)11-22-6-8-23(9-7-22)17(25)16-13-10-18-5-4-14(13)20-21-16/h12,18H,3-11H2,1-2H3,(H,19,24)(H,20,21). The Morgan fingerprint density at radius 3 is 2.76 bits per heavy atom. The third-order valence-electron chi connectivity index (χ3n) is 5.06. The number of aromatic amines is 1. The molecule has 1 fully saturated rings. The van der Waals surface area contributed by atoms with E-state index in [0.717, 1.165) is 30.6 Å². The molecule has 1 aromatic heterocycles. The number of amides is 2. The van der Waals surface area contributed by atoms with E-state index < -0.39 is 0 Å². The summed E-state index contributed by atoms with van der Waals surface area (Å²) >= 11 is 0. The van der Waals surface area contributed by atoms with E-state index in [4.69, 9.17) is 0 Å². The van der Waals surface area contributed by atoms with Crippen molar-refractivity contribution in [2.45, 2.75) is 39.3 Å². The summed E-state index contributed by atoms with van der Waals surface area (Å²) in [5.74, 6) is 0.0477. The molecule has 8 nitrogen and oxygen atoms in total. The highest BCUT2D eigenvalue weighted by atomic mass is 16.2. The largest absolute Gasteiger partial charge is 0.353 e. The van der Waals surface area contributed by atoms with Gasteiger partial charge in [-0.1, -0.05) is 6.92 Å². The van der Waals surface area contributed by atoms with Gasteiger partial charge in [0.25, 0.3) is 5.91 Å². The van der Waals surface area contributed by atoms with Gasteiger partial charge in [0.1, 0.15) is 0 Å².